The van der Waals surface area contributed by atoms with E-state index in [-0.39, 0.29) is 12.5 Å². The van der Waals surface area contributed by atoms with Gasteiger partial charge in [-0.2, -0.15) is 0 Å². The zero-order valence-corrected chi connectivity index (χ0v) is 9.61. The molecule has 0 saturated heterocycles. The Morgan fingerprint density at radius 3 is 2.86 bits per heavy atom. The van der Waals surface area contributed by atoms with E-state index in [1.807, 2.05) is 13.2 Å². The topological polar surface area (TPSA) is 76.2 Å². The third-order valence-corrected chi connectivity index (χ3v) is 4.04. The maximum absolute atomic E-state index is 11.0. The SMILES string of the molecule is CSc1nc(C(N)=O)c([C@@H](C)CO)s1. The molecule has 0 radical (unpaired) electrons. The number of carbonyl (C=O) groups is 1. The summed E-state index contributed by atoms with van der Waals surface area (Å²) in [6, 6.07) is 0. The Labute approximate surface area is 90.5 Å². The van der Waals surface area contributed by atoms with Crippen LogP contribution in [0.2, 0.25) is 0 Å². The monoisotopic (exact) mass is 232 g/mol. The fourth-order valence-electron chi connectivity index (χ4n) is 0.992. The van der Waals surface area contributed by atoms with E-state index < -0.39 is 5.91 Å². The van der Waals surface area contributed by atoms with Crippen molar-refractivity contribution in [3.8, 4) is 0 Å². The molecule has 0 fully saturated rings. The first-order valence-corrected chi connectivity index (χ1v) is 6.09. The Morgan fingerprint density at radius 1 is 1.79 bits per heavy atom. The standard InChI is InChI=1S/C8H12N2O2S2/c1-4(3-11)6-5(7(9)12)10-8(13-2)14-6/h4,11H,3H2,1-2H3,(H2,9,12)/t4-/m0/s1. The lowest BCUT2D eigenvalue weighted by molar-refractivity contribution is 0.0994. The minimum absolute atomic E-state index is 0.00368. The first-order valence-electron chi connectivity index (χ1n) is 4.05. The lowest BCUT2D eigenvalue weighted by Crippen LogP contribution is -2.15. The average Bonchev–Trinajstić information content (AvgIpc) is 2.60. The van der Waals surface area contributed by atoms with Gasteiger partial charge >= 0.3 is 0 Å². The molecular weight excluding hydrogens is 220 g/mol. The predicted octanol–water partition coefficient (Wildman–Crippen LogP) is 1.06. The van der Waals surface area contributed by atoms with Crippen molar-refractivity contribution in [3.63, 3.8) is 0 Å². The molecule has 0 aliphatic heterocycles. The lowest BCUT2D eigenvalue weighted by Gasteiger charge is -2.04. The number of hydrogen-bond acceptors (Lipinski definition) is 5. The number of amides is 1. The number of thiazole rings is 1. The van der Waals surface area contributed by atoms with Crippen molar-refractivity contribution in [1.82, 2.24) is 4.98 Å². The van der Waals surface area contributed by atoms with Crippen LogP contribution in [0.4, 0.5) is 0 Å². The first kappa shape index (κ1) is 11.5. The Hall–Kier alpha value is -0.590. The van der Waals surface area contributed by atoms with Crippen LogP contribution < -0.4 is 5.73 Å². The zero-order chi connectivity index (χ0) is 10.7. The van der Waals surface area contributed by atoms with Crippen molar-refractivity contribution in [2.24, 2.45) is 5.73 Å². The molecule has 0 bridgehead atoms. The van der Waals surface area contributed by atoms with Crippen molar-refractivity contribution in [3.05, 3.63) is 10.6 Å². The molecule has 1 atom stereocenters. The van der Waals surface area contributed by atoms with Crippen LogP contribution in [0.15, 0.2) is 4.34 Å². The number of aromatic nitrogens is 1. The molecule has 3 N–H and O–H groups in total. The third kappa shape index (κ3) is 2.26. The van der Waals surface area contributed by atoms with E-state index in [1.165, 1.54) is 23.1 Å². The summed E-state index contributed by atoms with van der Waals surface area (Å²) in [7, 11) is 0. The molecule has 0 spiro atoms. The van der Waals surface area contributed by atoms with Gasteiger partial charge in [-0.1, -0.05) is 18.7 Å². The van der Waals surface area contributed by atoms with Crippen molar-refractivity contribution in [2.75, 3.05) is 12.9 Å². The van der Waals surface area contributed by atoms with Gasteiger partial charge in [-0.15, -0.1) is 11.3 Å². The van der Waals surface area contributed by atoms with E-state index in [2.05, 4.69) is 4.98 Å². The van der Waals surface area contributed by atoms with E-state index in [0.717, 1.165) is 9.22 Å². The van der Waals surface area contributed by atoms with E-state index in [1.54, 1.807) is 0 Å². The zero-order valence-electron chi connectivity index (χ0n) is 7.98. The number of nitrogens with two attached hydrogens (primary N) is 1. The summed E-state index contributed by atoms with van der Waals surface area (Å²) in [5.74, 6) is -0.618. The van der Waals surface area contributed by atoms with Crippen LogP contribution in [-0.2, 0) is 0 Å². The van der Waals surface area contributed by atoms with Gasteiger partial charge in [0.05, 0.1) is 6.61 Å². The molecule has 78 valence electrons. The number of thioether (sulfide) groups is 1. The van der Waals surface area contributed by atoms with Gasteiger partial charge in [-0.3, -0.25) is 4.79 Å². The molecule has 4 nitrogen and oxygen atoms in total. The van der Waals surface area contributed by atoms with Crippen molar-refractivity contribution >= 4 is 29.0 Å². The smallest absolute Gasteiger partial charge is 0.268 e. The third-order valence-electron chi connectivity index (χ3n) is 1.76. The second kappa shape index (κ2) is 4.77. The number of nitrogens with zero attached hydrogens (tertiary/aromatic N) is 1. The van der Waals surface area contributed by atoms with Gasteiger partial charge in [0.15, 0.2) is 4.34 Å². The summed E-state index contributed by atoms with van der Waals surface area (Å²) in [4.78, 5) is 15.9. The van der Waals surface area contributed by atoms with Crippen LogP contribution in [0.3, 0.4) is 0 Å². The maximum atomic E-state index is 11.0. The van der Waals surface area contributed by atoms with Gasteiger partial charge in [0.1, 0.15) is 5.69 Å². The van der Waals surface area contributed by atoms with E-state index >= 15 is 0 Å². The molecule has 1 aromatic rings. The lowest BCUT2D eigenvalue weighted by atomic mass is 10.1. The Kier molecular flexibility index (Phi) is 3.91. The fourth-order valence-corrected chi connectivity index (χ4v) is 2.62. The minimum atomic E-state index is -0.531. The fraction of sp³-hybridized carbons (Fsp3) is 0.500. The van der Waals surface area contributed by atoms with Gasteiger partial charge in [-0.25, -0.2) is 4.98 Å². The van der Waals surface area contributed by atoms with Crippen molar-refractivity contribution in [2.45, 2.75) is 17.2 Å². The molecule has 6 heteroatoms. The van der Waals surface area contributed by atoms with Gasteiger partial charge < -0.3 is 10.8 Å². The molecule has 1 amide bonds. The van der Waals surface area contributed by atoms with Gasteiger partial charge in [0.2, 0.25) is 0 Å². The number of hydrogen-bond donors (Lipinski definition) is 2. The van der Waals surface area contributed by atoms with E-state index in [9.17, 15) is 4.79 Å². The number of rotatable bonds is 4. The number of carbonyl (C=O) groups excluding carboxylic acids is 1. The van der Waals surface area contributed by atoms with Crippen LogP contribution in [0, 0.1) is 0 Å². The highest BCUT2D eigenvalue weighted by Gasteiger charge is 2.19. The highest BCUT2D eigenvalue weighted by atomic mass is 32.2. The number of aliphatic hydroxyl groups is 1. The summed E-state index contributed by atoms with van der Waals surface area (Å²) in [5.41, 5.74) is 5.48. The predicted molar refractivity (Wildman–Crippen MR) is 57.9 cm³/mol. The average molecular weight is 232 g/mol. The summed E-state index contributed by atoms with van der Waals surface area (Å²) >= 11 is 2.88. The molecule has 0 aliphatic rings. The first-order chi connectivity index (χ1) is 6.60. The summed E-state index contributed by atoms with van der Waals surface area (Å²) in [5, 5.41) is 9.00. The van der Waals surface area contributed by atoms with Gasteiger partial charge in [0.25, 0.3) is 5.91 Å². The molecule has 0 aromatic carbocycles. The summed E-state index contributed by atoms with van der Waals surface area (Å²) in [6.07, 6.45) is 1.89. The second-order valence-electron chi connectivity index (χ2n) is 2.84. The minimum Gasteiger partial charge on any atom is -0.396 e. The number of aliphatic hydroxyl groups excluding tert-OH is 1. The Balaban J connectivity index is 3.12. The van der Waals surface area contributed by atoms with Gasteiger partial charge in [-0.05, 0) is 6.26 Å². The van der Waals surface area contributed by atoms with Crippen LogP contribution in [0.5, 0.6) is 0 Å². The van der Waals surface area contributed by atoms with E-state index in [4.69, 9.17) is 10.8 Å². The van der Waals surface area contributed by atoms with Crippen LogP contribution in [-0.4, -0.2) is 28.9 Å². The number of primary amides is 1. The van der Waals surface area contributed by atoms with E-state index in [0.29, 0.717) is 5.69 Å². The van der Waals surface area contributed by atoms with Gasteiger partial charge in [0, 0.05) is 10.8 Å². The molecule has 1 heterocycles. The quantitative estimate of drug-likeness (QED) is 0.761. The molecule has 0 unspecified atom stereocenters. The van der Waals surface area contributed by atoms with Crippen molar-refractivity contribution < 1.29 is 9.90 Å². The molecule has 1 aromatic heterocycles. The Bertz CT molecular complexity index is 338. The largest absolute Gasteiger partial charge is 0.396 e. The van der Waals surface area contributed by atoms with Crippen LogP contribution >= 0.6 is 23.1 Å². The molecule has 0 saturated carbocycles. The Morgan fingerprint density at radius 2 is 2.43 bits per heavy atom. The molecule has 0 aliphatic carbocycles. The van der Waals surface area contributed by atoms with Crippen LogP contribution in [0.1, 0.15) is 28.2 Å². The molecule has 1 rings (SSSR count). The normalized spacial score (nSPS) is 12.8. The molecular formula is C8H12N2O2S2. The van der Waals surface area contributed by atoms with Crippen molar-refractivity contribution in [1.29, 1.82) is 0 Å². The second-order valence-corrected chi connectivity index (χ2v) is 4.93. The molecule has 14 heavy (non-hydrogen) atoms. The summed E-state index contributed by atoms with van der Waals surface area (Å²) in [6.45, 7) is 1.83. The maximum Gasteiger partial charge on any atom is 0.268 e. The van der Waals surface area contributed by atoms with Crippen LogP contribution in [0.25, 0.3) is 0 Å². The summed E-state index contributed by atoms with van der Waals surface area (Å²) < 4.78 is 0.800. The highest BCUT2D eigenvalue weighted by Crippen LogP contribution is 2.30. The highest BCUT2D eigenvalue weighted by molar-refractivity contribution is 8.00.